The number of aldehydes is 1. The number of H-pyrrole nitrogens is 1. The Morgan fingerprint density at radius 3 is 2.30 bits per heavy atom. The maximum atomic E-state index is 10.9. The van der Waals surface area contributed by atoms with E-state index >= 15 is 0 Å². The number of imidazole rings is 1. The average Bonchev–Trinajstić information content (AvgIpc) is 3.39. The molecular weight excluding hydrogens is 519 g/mol. The highest BCUT2D eigenvalue weighted by atomic mass is 31.0. The summed E-state index contributed by atoms with van der Waals surface area (Å²) in [5.41, 5.74) is 6.99. The highest BCUT2D eigenvalue weighted by Crippen LogP contribution is 2.25. The van der Waals surface area contributed by atoms with Gasteiger partial charge in [0.15, 0.2) is 6.29 Å². The first kappa shape index (κ1) is 32.4. The molecule has 0 spiro atoms. The second-order valence-electron chi connectivity index (χ2n) is 9.85. The van der Waals surface area contributed by atoms with E-state index < -0.39 is 0 Å². The van der Waals surface area contributed by atoms with Crippen LogP contribution in [0.5, 0.6) is 0 Å². The van der Waals surface area contributed by atoms with Gasteiger partial charge < -0.3 is 20.5 Å². The number of pyridine rings is 1. The molecule has 0 radical (unpaired) electrons. The summed E-state index contributed by atoms with van der Waals surface area (Å²) in [4.78, 5) is 34.8. The molecule has 0 aliphatic heterocycles. The number of aromatic amines is 1. The van der Waals surface area contributed by atoms with Crippen LogP contribution in [0.3, 0.4) is 0 Å². The number of hydrogen-bond donors (Lipinski definition) is 3. The standard InChI is InChI=1S/C12H13N2OP.C11H19N.C8H11N3O/c1-2-11-13-10(7-15)12(14-11)8-3-5-9(16)6-4-8;1-9(2)10-5-7-11(8-6-10)12(3)4;1-6-3-4-10-8(9-2)7(6)11-5-12/h3-7H,2,16H2,1H3,(H,13,14);5,7,9H,6,8H2,1-4H3;3-5H,1-2H3,(H,9,10)(H,11,12). The number of amides is 1. The summed E-state index contributed by atoms with van der Waals surface area (Å²) >= 11 is 0. The lowest BCUT2D eigenvalue weighted by atomic mass is 9.93. The predicted molar refractivity (Wildman–Crippen MR) is 170 cm³/mol. The minimum absolute atomic E-state index is 0.549. The van der Waals surface area contributed by atoms with E-state index in [-0.39, 0.29) is 0 Å². The Balaban J connectivity index is 0.000000214. The molecule has 1 unspecified atom stereocenters. The quantitative estimate of drug-likeness (QED) is 0.238. The van der Waals surface area contributed by atoms with Gasteiger partial charge in [-0.15, -0.1) is 9.24 Å². The summed E-state index contributed by atoms with van der Waals surface area (Å²) in [7, 11) is 8.61. The van der Waals surface area contributed by atoms with Gasteiger partial charge >= 0.3 is 0 Å². The number of nitrogens with zero attached hydrogens (tertiary/aromatic N) is 3. The Bertz CT molecular complexity index is 1290. The summed E-state index contributed by atoms with van der Waals surface area (Å²) in [6.45, 7) is 8.44. The highest BCUT2D eigenvalue weighted by molar-refractivity contribution is 7.27. The van der Waals surface area contributed by atoms with Crippen molar-refractivity contribution in [2.75, 3.05) is 31.8 Å². The van der Waals surface area contributed by atoms with Gasteiger partial charge in [0.05, 0.1) is 11.4 Å². The number of aromatic nitrogens is 3. The SMILES string of the molecule is CC(C)C1=CC=C(N(C)C)CC1.CCc1nc(-c2ccc(P)cc2)c(C=O)[nH]1.CNc1nccc(C)c1NC=O. The van der Waals surface area contributed by atoms with Crippen molar-refractivity contribution < 1.29 is 9.59 Å². The zero-order chi connectivity index (χ0) is 29.7. The van der Waals surface area contributed by atoms with Crippen molar-refractivity contribution in [1.29, 1.82) is 0 Å². The van der Waals surface area contributed by atoms with Gasteiger partial charge in [0.2, 0.25) is 6.41 Å². The number of carbonyl (C=O) groups is 2. The first-order chi connectivity index (χ1) is 19.1. The van der Waals surface area contributed by atoms with Gasteiger partial charge in [-0.2, -0.15) is 0 Å². The van der Waals surface area contributed by atoms with Crippen molar-refractivity contribution in [2.45, 2.75) is 47.0 Å². The lowest BCUT2D eigenvalue weighted by Gasteiger charge is -2.22. The van der Waals surface area contributed by atoms with Crippen LogP contribution >= 0.6 is 9.24 Å². The van der Waals surface area contributed by atoms with E-state index in [0.717, 1.165) is 46.3 Å². The van der Waals surface area contributed by atoms with Crippen LogP contribution in [0.4, 0.5) is 11.5 Å². The molecule has 0 bridgehead atoms. The van der Waals surface area contributed by atoms with Crippen molar-refractivity contribution in [3.8, 4) is 11.3 Å². The van der Waals surface area contributed by atoms with Crippen LogP contribution in [0, 0.1) is 12.8 Å². The van der Waals surface area contributed by atoms with Gasteiger partial charge in [-0.25, -0.2) is 9.97 Å². The van der Waals surface area contributed by atoms with Crippen LogP contribution in [0.1, 0.15) is 55.5 Å². The van der Waals surface area contributed by atoms with Gasteiger partial charge in [0.1, 0.15) is 17.3 Å². The molecule has 40 heavy (non-hydrogen) atoms. The first-order valence-corrected chi connectivity index (χ1v) is 14.0. The fourth-order valence-corrected chi connectivity index (χ4v) is 4.23. The lowest BCUT2D eigenvalue weighted by molar-refractivity contribution is -0.105. The predicted octanol–water partition coefficient (Wildman–Crippen LogP) is 5.76. The highest BCUT2D eigenvalue weighted by Gasteiger charge is 2.11. The number of aryl methyl sites for hydroxylation is 2. The minimum atomic E-state index is 0.549. The van der Waals surface area contributed by atoms with Crippen LogP contribution in [-0.2, 0) is 11.2 Å². The number of rotatable bonds is 8. The van der Waals surface area contributed by atoms with Crippen molar-refractivity contribution >= 4 is 38.7 Å². The summed E-state index contributed by atoms with van der Waals surface area (Å²) in [6.07, 6.45) is 10.9. The van der Waals surface area contributed by atoms with E-state index in [4.69, 9.17) is 0 Å². The molecule has 0 saturated carbocycles. The zero-order valence-corrected chi connectivity index (χ0v) is 25.9. The molecule has 4 rings (SSSR count). The second-order valence-corrected chi connectivity index (χ2v) is 10.5. The first-order valence-electron chi connectivity index (χ1n) is 13.4. The Morgan fingerprint density at radius 2 is 1.80 bits per heavy atom. The Hall–Kier alpha value is -3.77. The number of benzene rings is 1. The van der Waals surface area contributed by atoms with Gasteiger partial charge in [-0.05, 0) is 48.7 Å². The molecular formula is C31H43N6O2P. The molecule has 1 aromatic carbocycles. The molecule has 1 aliphatic carbocycles. The van der Waals surface area contributed by atoms with E-state index in [1.54, 1.807) is 18.8 Å². The lowest BCUT2D eigenvalue weighted by Crippen LogP contribution is -2.13. The van der Waals surface area contributed by atoms with Crippen molar-refractivity contribution in [3.05, 3.63) is 77.0 Å². The van der Waals surface area contributed by atoms with Crippen LogP contribution < -0.4 is 15.9 Å². The van der Waals surface area contributed by atoms with Gasteiger partial charge in [0.25, 0.3) is 0 Å². The van der Waals surface area contributed by atoms with Crippen LogP contribution in [-0.4, -0.2) is 53.7 Å². The third-order valence-electron chi connectivity index (χ3n) is 6.49. The second kappa shape index (κ2) is 16.4. The molecule has 8 nitrogen and oxygen atoms in total. The Kier molecular flexibility index (Phi) is 13.3. The van der Waals surface area contributed by atoms with Crippen LogP contribution in [0.25, 0.3) is 11.3 Å². The number of carbonyl (C=O) groups excluding carboxylic acids is 2. The molecule has 2 aromatic heterocycles. The summed E-state index contributed by atoms with van der Waals surface area (Å²) < 4.78 is 0. The number of nitrogens with one attached hydrogen (secondary N) is 3. The maximum Gasteiger partial charge on any atom is 0.211 e. The third kappa shape index (κ3) is 9.45. The summed E-state index contributed by atoms with van der Waals surface area (Å²) in [6, 6.07) is 9.73. The maximum absolute atomic E-state index is 10.9. The molecule has 1 atom stereocenters. The van der Waals surface area contributed by atoms with Crippen molar-refractivity contribution in [3.63, 3.8) is 0 Å². The molecule has 0 saturated heterocycles. The smallest absolute Gasteiger partial charge is 0.211 e. The van der Waals surface area contributed by atoms with E-state index in [1.807, 2.05) is 44.2 Å². The van der Waals surface area contributed by atoms with Crippen molar-refractivity contribution in [2.24, 2.45) is 5.92 Å². The average molecular weight is 563 g/mol. The Labute approximate surface area is 241 Å². The number of allylic oxidation sites excluding steroid dienone is 4. The number of anilines is 2. The van der Waals surface area contributed by atoms with Crippen LogP contribution in [0.15, 0.2) is 60.0 Å². The monoisotopic (exact) mass is 562 g/mol. The largest absolute Gasteiger partial charge is 0.381 e. The normalized spacial score (nSPS) is 12.1. The van der Waals surface area contributed by atoms with Gasteiger partial charge in [-0.1, -0.05) is 56.7 Å². The van der Waals surface area contributed by atoms with E-state index in [2.05, 4.69) is 79.8 Å². The van der Waals surface area contributed by atoms with Gasteiger partial charge in [-0.3, -0.25) is 9.59 Å². The van der Waals surface area contributed by atoms with Crippen molar-refractivity contribution in [1.82, 2.24) is 19.9 Å². The number of hydrogen-bond acceptors (Lipinski definition) is 6. The van der Waals surface area contributed by atoms with E-state index in [0.29, 0.717) is 23.8 Å². The van der Waals surface area contributed by atoms with Crippen LogP contribution in [0.2, 0.25) is 0 Å². The molecule has 214 valence electrons. The molecule has 3 N–H and O–H groups in total. The van der Waals surface area contributed by atoms with E-state index in [9.17, 15) is 9.59 Å². The molecule has 9 heteroatoms. The molecule has 1 amide bonds. The fraction of sp³-hybridized carbons (Fsp3) is 0.355. The topological polar surface area (TPSA) is 103 Å². The Morgan fingerprint density at radius 1 is 1.10 bits per heavy atom. The fourth-order valence-electron chi connectivity index (χ4n) is 4.04. The minimum Gasteiger partial charge on any atom is -0.381 e. The van der Waals surface area contributed by atoms with E-state index in [1.165, 1.54) is 18.5 Å². The summed E-state index contributed by atoms with van der Waals surface area (Å²) in [5, 5.41) is 6.59. The molecule has 3 aromatic rings. The summed E-state index contributed by atoms with van der Waals surface area (Å²) in [5.74, 6) is 2.24. The van der Waals surface area contributed by atoms with Gasteiger partial charge in [0, 0.05) is 45.0 Å². The molecule has 1 aliphatic rings. The molecule has 2 heterocycles. The zero-order valence-electron chi connectivity index (χ0n) is 24.7. The molecule has 0 fully saturated rings. The third-order valence-corrected chi connectivity index (χ3v) is 6.88.